The van der Waals surface area contributed by atoms with Gasteiger partial charge in [-0.1, -0.05) is 6.42 Å². The van der Waals surface area contributed by atoms with Crippen LogP contribution in [-0.4, -0.2) is 28.9 Å². The number of halogens is 1. The summed E-state index contributed by atoms with van der Waals surface area (Å²) < 4.78 is 1.10. The molecule has 0 N–H and O–H groups in total. The minimum Gasteiger partial charge on any atom is -0.340 e. The second kappa shape index (κ2) is 6.25. The lowest BCUT2D eigenvalue weighted by molar-refractivity contribution is -0.130. The number of amides is 1. The van der Waals surface area contributed by atoms with E-state index in [0.29, 0.717) is 5.91 Å². The molecule has 0 spiro atoms. The number of nitrogens with zero attached hydrogens (tertiary/aromatic N) is 1. The van der Waals surface area contributed by atoms with Gasteiger partial charge in [-0.25, -0.2) is 0 Å². The van der Waals surface area contributed by atoms with Crippen LogP contribution in [-0.2, 0) is 11.3 Å². The fraction of sp³-hybridized carbons (Fsp3) is 0.583. The molecule has 1 atom stereocenters. The van der Waals surface area contributed by atoms with Crippen LogP contribution < -0.4 is 0 Å². The third kappa shape index (κ3) is 3.73. The number of rotatable bonds is 3. The maximum absolute atomic E-state index is 12.2. The Morgan fingerprint density at radius 1 is 1.59 bits per heavy atom. The minimum absolute atomic E-state index is 0.192. The average Bonchev–Trinajstić information content (AvgIpc) is 2.75. The summed E-state index contributed by atoms with van der Waals surface area (Å²) in [5.41, 5.74) is 0. The highest BCUT2D eigenvalue weighted by Gasteiger charge is 2.24. The van der Waals surface area contributed by atoms with Crippen molar-refractivity contribution < 1.29 is 4.79 Å². The molecule has 0 aromatic carbocycles. The van der Waals surface area contributed by atoms with Gasteiger partial charge in [-0.3, -0.25) is 4.79 Å². The molecule has 1 aliphatic rings. The number of hydrogen-bond acceptors (Lipinski definition) is 3. The molecule has 1 amide bonds. The van der Waals surface area contributed by atoms with Crippen LogP contribution in [0.5, 0.6) is 0 Å². The van der Waals surface area contributed by atoms with Gasteiger partial charge in [0.2, 0.25) is 5.91 Å². The molecule has 2 heterocycles. The summed E-state index contributed by atoms with van der Waals surface area (Å²) in [6.45, 7) is 0.728. The second-order valence-corrected chi connectivity index (χ2v) is 7.50. The molecular weight excluding hydrogens is 318 g/mol. The van der Waals surface area contributed by atoms with Gasteiger partial charge in [0.1, 0.15) is 0 Å². The standard InChI is InChI=1S/C12H16BrNOS2/c1-14(7-10-6-9(13)8-17-10)12(15)11-4-2-3-5-16-11/h6,8,11H,2-5,7H2,1H3. The number of thiophene rings is 1. The van der Waals surface area contributed by atoms with Gasteiger partial charge < -0.3 is 4.90 Å². The van der Waals surface area contributed by atoms with Crippen LogP contribution in [0.15, 0.2) is 15.9 Å². The van der Waals surface area contributed by atoms with Crippen molar-refractivity contribution >= 4 is 44.9 Å². The lowest BCUT2D eigenvalue weighted by Gasteiger charge is -2.25. The van der Waals surface area contributed by atoms with E-state index >= 15 is 0 Å². The largest absolute Gasteiger partial charge is 0.340 e. The molecule has 1 saturated heterocycles. The lowest BCUT2D eigenvalue weighted by atomic mass is 10.1. The van der Waals surface area contributed by atoms with Gasteiger partial charge in [0.15, 0.2) is 0 Å². The van der Waals surface area contributed by atoms with Crippen molar-refractivity contribution in [1.29, 1.82) is 0 Å². The molecular formula is C12H16BrNOS2. The maximum Gasteiger partial charge on any atom is 0.235 e. The quantitative estimate of drug-likeness (QED) is 0.839. The van der Waals surface area contributed by atoms with E-state index in [-0.39, 0.29) is 5.25 Å². The van der Waals surface area contributed by atoms with E-state index in [1.165, 1.54) is 17.7 Å². The predicted octanol–water partition coefficient (Wildman–Crippen LogP) is 3.75. The Morgan fingerprint density at radius 2 is 2.41 bits per heavy atom. The number of hydrogen-bond donors (Lipinski definition) is 0. The molecule has 94 valence electrons. The molecule has 5 heteroatoms. The number of thioether (sulfide) groups is 1. The van der Waals surface area contributed by atoms with E-state index in [1.54, 1.807) is 11.3 Å². The summed E-state index contributed by atoms with van der Waals surface area (Å²) in [7, 11) is 1.91. The van der Waals surface area contributed by atoms with Crippen LogP contribution in [0.2, 0.25) is 0 Å². The van der Waals surface area contributed by atoms with Crippen molar-refractivity contribution in [2.45, 2.75) is 31.1 Å². The normalized spacial score (nSPS) is 20.2. The van der Waals surface area contributed by atoms with Crippen LogP contribution in [0.3, 0.4) is 0 Å². The van der Waals surface area contributed by atoms with Crippen LogP contribution in [0.1, 0.15) is 24.1 Å². The molecule has 1 unspecified atom stereocenters. The maximum atomic E-state index is 12.2. The van der Waals surface area contributed by atoms with Crippen LogP contribution in [0.4, 0.5) is 0 Å². The molecule has 2 rings (SSSR count). The third-order valence-corrected chi connectivity index (χ3v) is 5.89. The Hall–Kier alpha value is -0.000000000000000111. The molecule has 2 nitrogen and oxygen atoms in total. The van der Waals surface area contributed by atoms with E-state index in [4.69, 9.17) is 0 Å². The van der Waals surface area contributed by atoms with E-state index in [0.717, 1.165) is 23.2 Å². The third-order valence-electron chi connectivity index (χ3n) is 2.85. The first-order valence-corrected chi connectivity index (χ1v) is 8.48. The van der Waals surface area contributed by atoms with E-state index in [9.17, 15) is 4.79 Å². The van der Waals surface area contributed by atoms with E-state index < -0.39 is 0 Å². The molecule has 0 radical (unpaired) electrons. The SMILES string of the molecule is CN(Cc1cc(Br)cs1)C(=O)C1CCCCS1. The van der Waals surface area contributed by atoms with Crippen molar-refractivity contribution in [2.24, 2.45) is 0 Å². The molecule has 1 aromatic heterocycles. The molecule has 0 aliphatic carbocycles. The fourth-order valence-corrected chi connectivity index (χ4v) is 4.74. The summed E-state index contributed by atoms with van der Waals surface area (Å²) >= 11 is 6.95. The van der Waals surface area contributed by atoms with Crippen molar-refractivity contribution in [3.05, 3.63) is 20.8 Å². The van der Waals surface area contributed by atoms with E-state index in [1.807, 2.05) is 23.7 Å². The molecule has 0 bridgehead atoms. The fourth-order valence-electron chi connectivity index (χ4n) is 1.93. The zero-order valence-electron chi connectivity index (χ0n) is 9.82. The Kier molecular flexibility index (Phi) is 4.94. The van der Waals surface area contributed by atoms with Crippen molar-refractivity contribution in [1.82, 2.24) is 4.90 Å². The van der Waals surface area contributed by atoms with Gasteiger partial charge in [-0.05, 0) is 40.6 Å². The van der Waals surface area contributed by atoms with Crippen LogP contribution in [0.25, 0.3) is 0 Å². The van der Waals surface area contributed by atoms with Crippen molar-refractivity contribution in [3.8, 4) is 0 Å². The first-order valence-electron chi connectivity index (χ1n) is 5.76. The van der Waals surface area contributed by atoms with Crippen molar-refractivity contribution in [2.75, 3.05) is 12.8 Å². The summed E-state index contributed by atoms with van der Waals surface area (Å²) in [6.07, 6.45) is 3.50. The average molecular weight is 334 g/mol. The highest BCUT2D eigenvalue weighted by atomic mass is 79.9. The van der Waals surface area contributed by atoms with E-state index in [2.05, 4.69) is 27.4 Å². The smallest absolute Gasteiger partial charge is 0.235 e. The Bertz CT molecular complexity index is 388. The van der Waals surface area contributed by atoms with Gasteiger partial charge in [0.05, 0.1) is 11.8 Å². The topological polar surface area (TPSA) is 20.3 Å². The predicted molar refractivity (Wildman–Crippen MR) is 78.6 cm³/mol. The molecule has 1 aliphatic heterocycles. The minimum atomic E-state index is 0.192. The van der Waals surface area contributed by atoms with Crippen LogP contribution in [0, 0.1) is 0 Å². The number of carbonyl (C=O) groups is 1. The van der Waals surface area contributed by atoms with Crippen LogP contribution >= 0.6 is 39.0 Å². The Balaban J connectivity index is 1.90. The lowest BCUT2D eigenvalue weighted by Crippen LogP contribution is -2.35. The zero-order valence-corrected chi connectivity index (χ0v) is 13.0. The van der Waals surface area contributed by atoms with Gasteiger partial charge in [0, 0.05) is 21.8 Å². The highest BCUT2D eigenvalue weighted by Crippen LogP contribution is 2.27. The van der Waals surface area contributed by atoms with Crippen molar-refractivity contribution in [3.63, 3.8) is 0 Å². The summed E-state index contributed by atoms with van der Waals surface area (Å²) in [4.78, 5) is 15.3. The Labute approximate surface area is 119 Å². The Morgan fingerprint density at radius 3 is 3.00 bits per heavy atom. The van der Waals surface area contributed by atoms with Gasteiger partial charge >= 0.3 is 0 Å². The molecule has 17 heavy (non-hydrogen) atoms. The number of carbonyl (C=O) groups excluding carboxylic acids is 1. The highest BCUT2D eigenvalue weighted by molar-refractivity contribution is 9.10. The molecule has 1 aromatic rings. The van der Waals surface area contributed by atoms with Gasteiger partial charge in [0.25, 0.3) is 0 Å². The molecule has 0 saturated carbocycles. The monoisotopic (exact) mass is 333 g/mol. The van der Waals surface area contributed by atoms with Gasteiger partial charge in [-0.2, -0.15) is 0 Å². The first-order chi connectivity index (χ1) is 8.16. The second-order valence-electron chi connectivity index (χ2n) is 4.28. The summed E-state index contributed by atoms with van der Waals surface area (Å²) in [5, 5.41) is 2.25. The van der Waals surface area contributed by atoms with Gasteiger partial charge in [-0.15, -0.1) is 23.1 Å². The summed E-state index contributed by atoms with van der Waals surface area (Å²) in [6, 6.07) is 2.09. The molecule has 1 fully saturated rings. The first kappa shape index (κ1) is 13.4. The zero-order chi connectivity index (χ0) is 12.3. The summed E-state index contributed by atoms with van der Waals surface area (Å²) in [5.74, 6) is 1.42.